The lowest BCUT2D eigenvalue weighted by atomic mass is 9.83. The Bertz CT molecular complexity index is 3010. The molecule has 10 rings (SSSR count). The topological polar surface area (TPSA) is 114 Å². The van der Waals surface area contributed by atoms with Gasteiger partial charge < -0.3 is 10.6 Å². The van der Waals surface area contributed by atoms with Gasteiger partial charge in [0.25, 0.3) is 0 Å². The highest BCUT2D eigenvalue weighted by atomic mass is 15.6. The van der Waals surface area contributed by atoms with Gasteiger partial charge in [0, 0.05) is 29.2 Å². The maximum absolute atomic E-state index is 9.52. The van der Waals surface area contributed by atoms with E-state index in [1.54, 1.807) is 9.47 Å². The summed E-state index contributed by atoms with van der Waals surface area (Å²) in [6, 6.07) is 27.4. The van der Waals surface area contributed by atoms with Crippen molar-refractivity contribution in [2.24, 2.45) is 14.1 Å². The Morgan fingerprint density at radius 3 is 1.90 bits per heavy atom. The van der Waals surface area contributed by atoms with Crippen LogP contribution in [0.5, 0.6) is 0 Å². The van der Waals surface area contributed by atoms with E-state index in [1.165, 1.54) is 33.4 Å². The molecule has 0 saturated heterocycles. The standard InChI is InChI=1S/C46H44N12/c1-29-15-31(21-47)17-33-7-5-9-41(45(29)33)53-38-14-12-36-24-51-58(44(36)20-38)40-27-55(4)56(28-40)49-22-32-16-30(2)46-34(18-32)8-6-10-42(46)52-37-13-11-35-23-50-57(43(35)19-37)39-25-48-54(3)26-39/h11-20,23-28,41-42,52-53H,5-10H2,1-4H3/q+2/t41-,42+/m1/s1. The van der Waals surface area contributed by atoms with Gasteiger partial charge in [0.05, 0.1) is 59.5 Å². The molecule has 0 bridgehead atoms. The van der Waals surface area contributed by atoms with E-state index in [4.69, 9.17) is 10.1 Å². The number of aryl methyl sites for hydroxylation is 6. The van der Waals surface area contributed by atoms with Crippen LogP contribution in [0.1, 0.15) is 82.3 Å². The second-order valence-electron chi connectivity index (χ2n) is 15.8. The summed E-state index contributed by atoms with van der Waals surface area (Å²) < 4.78 is 7.64. The molecule has 0 aliphatic heterocycles. The summed E-state index contributed by atoms with van der Waals surface area (Å²) in [5.74, 6) is 0. The third-order valence-corrected chi connectivity index (χ3v) is 11.8. The van der Waals surface area contributed by atoms with Crippen molar-refractivity contribution in [2.75, 3.05) is 10.6 Å². The Labute approximate surface area is 336 Å². The van der Waals surface area contributed by atoms with E-state index < -0.39 is 0 Å². The molecule has 4 aromatic heterocycles. The zero-order valence-electron chi connectivity index (χ0n) is 33.1. The molecular weight excluding hydrogens is 721 g/mol. The number of hydrogen-bond donors (Lipinski definition) is 2. The molecule has 8 aromatic rings. The van der Waals surface area contributed by atoms with Crippen LogP contribution in [0.3, 0.4) is 0 Å². The van der Waals surface area contributed by atoms with Gasteiger partial charge in [0.2, 0.25) is 6.20 Å². The molecule has 0 unspecified atom stereocenters. The Morgan fingerprint density at radius 2 is 1.31 bits per heavy atom. The van der Waals surface area contributed by atoms with E-state index in [9.17, 15) is 5.26 Å². The average molecular weight is 765 g/mol. The van der Waals surface area contributed by atoms with Gasteiger partial charge in [-0.2, -0.15) is 20.6 Å². The highest BCUT2D eigenvalue weighted by molar-refractivity contribution is 5.85. The SMILES string of the molecule is Cc1cc(C#[N+]n2cc(-n3ncc4ccc(N[C@@H]5CCCc6cc(C#N)cc(C)c65)cc43)c[n+]2C)cc2c1[C@@H](Nc1ccc3cnn(-c4cnn(C)c4)c3c1)CCC2. The van der Waals surface area contributed by atoms with Gasteiger partial charge in [-0.25, -0.2) is 9.36 Å². The van der Waals surface area contributed by atoms with Crippen molar-refractivity contribution in [2.45, 2.75) is 64.5 Å². The van der Waals surface area contributed by atoms with Crippen molar-refractivity contribution in [1.29, 1.82) is 5.26 Å². The first kappa shape index (κ1) is 35.2. The molecule has 2 atom stereocenters. The zero-order valence-corrected chi connectivity index (χ0v) is 33.1. The number of rotatable bonds is 6. The highest BCUT2D eigenvalue weighted by Crippen LogP contribution is 2.38. The van der Waals surface area contributed by atoms with Gasteiger partial charge in [-0.05, 0) is 151 Å². The fraction of sp³-hybridized carbons (Fsp3) is 0.261. The molecule has 4 heterocycles. The van der Waals surface area contributed by atoms with Gasteiger partial charge in [-0.15, -0.1) is 0 Å². The predicted molar refractivity (Wildman–Crippen MR) is 225 cm³/mol. The van der Waals surface area contributed by atoms with Crippen LogP contribution in [0, 0.1) is 31.2 Å². The highest BCUT2D eigenvalue weighted by Gasteiger charge is 2.26. The smallest absolute Gasteiger partial charge is 0.364 e. The Morgan fingerprint density at radius 1 is 0.724 bits per heavy atom. The number of benzene rings is 4. The van der Waals surface area contributed by atoms with Crippen LogP contribution in [0.4, 0.5) is 11.4 Å². The Balaban J connectivity index is 0.887. The van der Waals surface area contributed by atoms with E-state index in [0.29, 0.717) is 0 Å². The largest absolute Gasteiger partial charge is 0.378 e. The van der Waals surface area contributed by atoms with Crippen molar-refractivity contribution in [3.8, 4) is 23.5 Å². The van der Waals surface area contributed by atoms with Crippen LogP contribution < -0.4 is 15.3 Å². The zero-order chi connectivity index (χ0) is 39.5. The summed E-state index contributed by atoms with van der Waals surface area (Å²) in [5, 5.41) is 33.1. The molecule has 2 N–H and O–H groups in total. The minimum absolute atomic E-state index is 0.188. The van der Waals surface area contributed by atoms with Crippen molar-refractivity contribution < 1.29 is 4.68 Å². The lowest BCUT2D eigenvalue weighted by Gasteiger charge is -2.29. The number of fused-ring (bicyclic) bond motifs is 4. The van der Waals surface area contributed by atoms with Crippen molar-refractivity contribution >= 4 is 33.2 Å². The van der Waals surface area contributed by atoms with Gasteiger partial charge in [-0.1, -0.05) is 0 Å². The molecule has 4 aromatic carbocycles. The summed E-state index contributed by atoms with van der Waals surface area (Å²) >= 11 is 0. The average Bonchev–Trinajstić information content (AvgIpc) is 4.02. The molecule has 12 heteroatoms. The monoisotopic (exact) mass is 764 g/mol. The number of anilines is 2. The van der Waals surface area contributed by atoms with Crippen LogP contribution >= 0.6 is 0 Å². The summed E-state index contributed by atoms with van der Waals surface area (Å²) in [5.41, 5.74) is 15.4. The van der Waals surface area contributed by atoms with E-state index in [0.717, 1.165) is 94.2 Å². The molecule has 0 amide bonds. The van der Waals surface area contributed by atoms with Crippen LogP contribution in [-0.2, 0) is 26.9 Å². The first-order valence-corrected chi connectivity index (χ1v) is 20.0. The quantitative estimate of drug-likeness (QED) is 0.165. The predicted octanol–water partition coefficient (Wildman–Crippen LogP) is 8.34. The van der Waals surface area contributed by atoms with Crippen LogP contribution in [0.25, 0.3) is 38.1 Å². The van der Waals surface area contributed by atoms with Crippen LogP contribution in [0.2, 0.25) is 0 Å². The number of hydrogen-bond acceptors (Lipinski definition) is 6. The molecule has 0 spiro atoms. The lowest BCUT2D eigenvalue weighted by Crippen LogP contribution is -2.34. The Hall–Kier alpha value is -7.18. The van der Waals surface area contributed by atoms with E-state index >= 15 is 0 Å². The normalized spacial score (nSPS) is 16.1. The third kappa shape index (κ3) is 6.33. The first-order chi connectivity index (χ1) is 28.3. The first-order valence-electron chi connectivity index (χ1n) is 20.0. The maximum atomic E-state index is 9.52. The van der Waals surface area contributed by atoms with E-state index in [2.05, 4.69) is 101 Å². The number of nitrogens with one attached hydrogen (secondary N) is 2. The van der Waals surface area contributed by atoms with Gasteiger partial charge in [-0.3, -0.25) is 4.68 Å². The number of nitrogens with zero attached hydrogens (tertiary/aromatic N) is 10. The fourth-order valence-electron chi connectivity index (χ4n) is 9.21. The fourth-order valence-corrected chi connectivity index (χ4v) is 9.21. The van der Waals surface area contributed by atoms with Crippen molar-refractivity contribution in [3.05, 3.63) is 147 Å². The lowest BCUT2D eigenvalue weighted by molar-refractivity contribution is -0.745. The molecular formula is C46H44N12+2. The molecule has 286 valence electrons. The van der Waals surface area contributed by atoms with Gasteiger partial charge >= 0.3 is 6.07 Å². The van der Waals surface area contributed by atoms with E-state index in [-0.39, 0.29) is 12.1 Å². The van der Waals surface area contributed by atoms with Crippen LogP contribution in [0.15, 0.2) is 97.8 Å². The van der Waals surface area contributed by atoms with E-state index in [1.807, 2.05) is 71.4 Å². The summed E-state index contributed by atoms with van der Waals surface area (Å²) in [6.45, 7) is 4.32. The molecule has 12 nitrogen and oxygen atoms in total. The second kappa shape index (κ2) is 14.1. The summed E-state index contributed by atoms with van der Waals surface area (Å²) in [6.07, 6.45) is 18.0. The minimum atomic E-state index is 0.188. The number of nitriles is 1. The molecule has 2 aliphatic rings. The third-order valence-electron chi connectivity index (χ3n) is 11.8. The Kier molecular flexibility index (Phi) is 8.56. The van der Waals surface area contributed by atoms with Gasteiger partial charge in [0.15, 0.2) is 28.7 Å². The molecule has 2 aliphatic carbocycles. The van der Waals surface area contributed by atoms with Crippen molar-refractivity contribution in [1.82, 2.24) is 34.1 Å². The molecule has 0 radical (unpaired) electrons. The van der Waals surface area contributed by atoms with Crippen molar-refractivity contribution in [3.63, 3.8) is 0 Å². The molecule has 58 heavy (non-hydrogen) atoms. The maximum Gasteiger partial charge on any atom is 0.364 e. The molecule has 0 fully saturated rings. The number of aromatic nitrogens is 8. The summed E-state index contributed by atoms with van der Waals surface area (Å²) in [4.78, 5) is 6.58. The van der Waals surface area contributed by atoms with Gasteiger partial charge in [0.1, 0.15) is 11.3 Å². The summed E-state index contributed by atoms with van der Waals surface area (Å²) in [7, 11) is 3.89. The minimum Gasteiger partial charge on any atom is -0.378 e. The second-order valence-corrected chi connectivity index (χ2v) is 15.8. The van der Waals surface area contributed by atoms with Crippen LogP contribution in [-0.4, -0.2) is 34.1 Å². The molecule has 0 saturated carbocycles.